The first-order valence-electron chi connectivity index (χ1n) is 24.4. The lowest BCUT2D eigenvalue weighted by Gasteiger charge is -2.16. The lowest BCUT2D eigenvalue weighted by molar-refractivity contribution is -0.140. The number of ether oxygens (including phenoxy) is 1. The van der Waals surface area contributed by atoms with Crippen molar-refractivity contribution in [1.29, 1.82) is 0 Å². The molecule has 0 aliphatic heterocycles. The normalized spacial score (nSPS) is 14.6. The molecular formula is C55H46F8N10O6. The maximum atomic E-state index is 14.5. The van der Waals surface area contributed by atoms with E-state index >= 15 is 0 Å². The van der Waals surface area contributed by atoms with Crippen LogP contribution in [0, 0.1) is 38.2 Å². The van der Waals surface area contributed by atoms with Crippen LogP contribution in [0.4, 0.5) is 35.1 Å². The van der Waals surface area contributed by atoms with Crippen LogP contribution in [0.25, 0.3) is 11.3 Å². The van der Waals surface area contributed by atoms with E-state index in [4.69, 9.17) is 0 Å². The van der Waals surface area contributed by atoms with E-state index < -0.39 is 66.0 Å². The monoisotopic (exact) mass is 1090 g/mol. The summed E-state index contributed by atoms with van der Waals surface area (Å²) in [4.78, 5) is 72.3. The van der Waals surface area contributed by atoms with Crippen LogP contribution in [0.1, 0.15) is 140 Å². The van der Waals surface area contributed by atoms with Crippen molar-refractivity contribution < 1.29 is 63.8 Å². The number of halogens is 8. The first-order valence-corrected chi connectivity index (χ1v) is 24.4. The summed E-state index contributed by atoms with van der Waals surface area (Å²) >= 11 is 0. The van der Waals surface area contributed by atoms with E-state index in [0.29, 0.717) is 42.5 Å². The average Bonchev–Trinajstić information content (AvgIpc) is 4.31. The highest BCUT2D eigenvalue weighted by atomic mass is 19.4. The van der Waals surface area contributed by atoms with Crippen LogP contribution in [-0.4, -0.2) is 65.2 Å². The molecule has 4 aromatic carbocycles. The number of amides is 4. The zero-order valence-corrected chi connectivity index (χ0v) is 42.3. The van der Waals surface area contributed by atoms with Gasteiger partial charge in [-0.15, -0.1) is 0 Å². The second-order valence-corrected chi connectivity index (χ2v) is 18.8. The molecule has 0 saturated heterocycles. The van der Waals surface area contributed by atoms with Gasteiger partial charge in [-0.05, 0) is 128 Å². The minimum atomic E-state index is -4.91. The van der Waals surface area contributed by atoms with Gasteiger partial charge in [0.15, 0.2) is 28.7 Å². The lowest BCUT2D eigenvalue weighted by Crippen LogP contribution is -2.30. The molecule has 0 fully saturated rings. The van der Waals surface area contributed by atoms with E-state index in [-0.39, 0.29) is 69.8 Å². The summed E-state index contributed by atoms with van der Waals surface area (Å²) in [5, 5.41) is 18.6. The number of ketones is 1. The number of Topliss-reactive ketones (excluding diaryl/α,β-unsaturated/α-hetero) is 1. The van der Waals surface area contributed by atoms with Crippen molar-refractivity contribution in [2.75, 3.05) is 0 Å². The van der Waals surface area contributed by atoms with Crippen molar-refractivity contribution >= 4 is 40.7 Å². The molecule has 4 N–H and O–H groups in total. The maximum absolute atomic E-state index is 14.5. The fraction of sp³-hybridized carbons (Fsp3) is 0.255. The average molecular weight is 1100 g/mol. The van der Waals surface area contributed by atoms with E-state index in [9.17, 15) is 59.1 Å². The Morgan fingerprint density at radius 2 is 1.13 bits per heavy atom. The van der Waals surface area contributed by atoms with E-state index in [1.165, 1.54) is 42.8 Å². The van der Waals surface area contributed by atoms with Gasteiger partial charge < -0.3 is 26.0 Å². The van der Waals surface area contributed by atoms with Gasteiger partial charge in [0, 0.05) is 30.8 Å². The van der Waals surface area contributed by atoms with Crippen LogP contribution in [0.3, 0.4) is 0 Å². The van der Waals surface area contributed by atoms with Gasteiger partial charge in [0.2, 0.25) is 0 Å². The molecule has 4 amide bonds. The number of nitrogens with one attached hydrogen (secondary N) is 4. The molecule has 2 aliphatic rings. The molecule has 0 bridgehead atoms. The molecule has 408 valence electrons. The summed E-state index contributed by atoms with van der Waals surface area (Å²) < 4.78 is 112. The van der Waals surface area contributed by atoms with Crippen molar-refractivity contribution in [1.82, 2.24) is 50.5 Å². The molecule has 4 heterocycles. The number of rotatable bonds is 13. The summed E-state index contributed by atoms with van der Waals surface area (Å²) in [7, 11) is 0. The lowest BCUT2D eigenvalue weighted by atomic mass is 9.96. The van der Waals surface area contributed by atoms with Crippen molar-refractivity contribution in [3.63, 3.8) is 0 Å². The second-order valence-electron chi connectivity index (χ2n) is 18.8. The van der Waals surface area contributed by atoms with Gasteiger partial charge in [0.25, 0.3) is 23.6 Å². The largest absolute Gasteiger partial charge is 0.435 e. The Morgan fingerprint density at radius 3 is 1.63 bits per heavy atom. The zero-order valence-electron chi connectivity index (χ0n) is 42.3. The van der Waals surface area contributed by atoms with Crippen molar-refractivity contribution in [3.05, 3.63) is 193 Å². The van der Waals surface area contributed by atoms with Gasteiger partial charge in [0.05, 0.1) is 30.0 Å². The molecule has 0 radical (unpaired) electrons. The Bertz CT molecular complexity index is 3750. The van der Waals surface area contributed by atoms with Gasteiger partial charge in [-0.3, -0.25) is 24.0 Å². The Labute approximate surface area is 443 Å². The first-order chi connectivity index (χ1) is 37.6. The van der Waals surface area contributed by atoms with E-state index in [1.807, 2.05) is 39.0 Å². The fourth-order valence-corrected chi connectivity index (χ4v) is 9.69. The molecule has 4 aromatic heterocycles. The van der Waals surface area contributed by atoms with Gasteiger partial charge >= 0.3 is 12.8 Å². The number of aryl methyl sites for hydroxylation is 1. The van der Waals surface area contributed by atoms with Crippen LogP contribution < -0.4 is 26.0 Å². The van der Waals surface area contributed by atoms with Crippen molar-refractivity contribution in [2.24, 2.45) is 0 Å². The predicted octanol–water partition coefficient (Wildman–Crippen LogP) is 9.32. The fourth-order valence-electron chi connectivity index (χ4n) is 9.69. The third-order valence-corrected chi connectivity index (χ3v) is 13.8. The summed E-state index contributed by atoms with van der Waals surface area (Å²) in [6.07, 6.45) is -0.412. The number of fused-ring (bicyclic) bond motifs is 4. The van der Waals surface area contributed by atoms with Gasteiger partial charge in [-0.1, -0.05) is 42.5 Å². The van der Waals surface area contributed by atoms with Crippen molar-refractivity contribution in [3.8, 4) is 5.75 Å². The molecule has 8 aromatic rings. The van der Waals surface area contributed by atoms with Crippen LogP contribution in [0.2, 0.25) is 0 Å². The highest BCUT2D eigenvalue weighted by molar-refractivity contribution is 6.00. The molecule has 2 aliphatic carbocycles. The Morgan fingerprint density at radius 1 is 0.633 bits per heavy atom. The quantitative estimate of drug-likeness (QED) is 0.0637. The number of carbonyl (C=O) groups is 5. The molecule has 79 heavy (non-hydrogen) atoms. The number of carbonyl (C=O) groups excluding carboxylic acids is 5. The summed E-state index contributed by atoms with van der Waals surface area (Å²) in [6, 6.07) is 17.3. The number of benzene rings is 4. The Hall–Kier alpha value is -9.09. The maximum Gasteiger partial charge on any atom is 0.419 e. The van der Waals surface area contributed by atoms with Gasteiger partial charge in [0.1, 0.15) is 34.3 Å². The number of aromatic nitrogens is 6. The van der Waals surface area contributed by atoms with E-state index in [2.05, 4.69) is 46.2 Å². The molecule has 0 spiro atoms. The first kappa shape index (κ1) is 54.7. The van der Waals surface area contributed by atoms with Crippen LogP contribution in [-0.2, 0) is 32.1 Å². The molecule has 24 heteroatoms. The summed E-state index contributed by atoms with van der Waals surface area (Å²) in [5.74, 6) is -5.91. The second kappa shape index (κ2) is 22.1. The minimum Gasteiger partial charge on any atom is -0.435 e. The highest BCUT2D eigenvalue weighted by Gasteiger charge is 2.35. The van der Waals surface area contributed by atoms with Crippen molar-refractivity contribution in [2.45, 2.75) is 91.3 Å². The minimum absolute atomic E-state index is 0.0166. The summed E-state index contributed by atoms with van der Waals surface area (Å²) in [5.41, 5.74) is 5.56. The molecule has 0 unspecified atom stereocenters. The Balaban J connectivity index is 0.000000192. The van der Waals surface area contributed by atoms with Crippen LogP contribution >= 0.6 is 0 Å². The number of alkyl halides is 5. The molecule has 2 atom stereocenters. The zero-order chi connectivity index (χ0) is 56.6. The standard InChI is InChI=1S/C28H24F3N5O4.C27H22F5N5O2/c1-14-18(15(2)37)7-8-20-19(14)9-10-22(20)35-27(39)24-11-23(34-25-21(29)13-33-36(24)25)26(38)32-12-16-3-5-17(6-4-16)40-28(30)31;1-13-3-5-17-16(14(13)2)6-8-21(17)36-26(39)23-10-22(35-24-20(29)12-34-37(23)24)25(38)33-11-15-4-7-19(28)18(9-15)27(30,31)32/h3-8,11,13,22,28H,9-10,12H2,1-2H3,(H,32,38)(H,35,39);3-5,7,9-10,12,21H,6,8,11H2,1-2H3,(H,33,38)(H,36,39)/t22-;21-/m00/s1. The van der Waals surface area contributed by atoms with Crippen LogP contribution in [0.15, 0.2) is 91.3 Å². The number of hydrogen-bond acceptors (Lipinski definition) is 10. The molecular weight excluding hydrogens is 1050 g/mol. The van der Waals surface area contributed by atoms with E-state index in [0.717, 1.165) is 73.4 Å². The van der Waals surface area contributed by atoms with Gasteiger partial charge in [-0.2, -0.15) is 32.1 Å². The molecule has 16 nitrogen and oxygen atoms in total. The third kappa shape index (κ3) is 11.5. The summed E-state index contributed by atoms with van der Waals surface area (Å²) in [6.45, 7) is 4.11. The van der Waals surface area contributed by atoms with Gasteiger partial charge in [-0.25, -0.2) is 32.2 Å². The smallest absolute Gasteiger partial charge is 0.419 e. The molecule has 10 rings (SSSR count). The highest BCUT2D eigenvalue weighted by Crippen LogP contribution is 2.37. The van der Waals surface area contributed by atoms with E-state index in [1.54, 1.807) is 6.07 Å². The number of nitrogens with zero attached hydrogens (tertiary/aromatic N) is 6. The SMILES string of the molecule is CC(=O)c1ccc2c(c1C)CC[C@@H]2NC(=O)c1cc(C(=O)NCc2ccc(OC(F)F)cc2)nc2c(F)cnn12.Cc1ccc2c(c1C)CC[C@@H]2NC(=O)c1cc(C(=O)NCc2ccc(F)c(C(F)(F)F)c2)nc2c(F)cnn12. The predicted molar refractivity (Wildman–Crippen MR) is 267 cm³/mol. The third-order valence-electron chi connectivity index (χ3n) is 13.8. The number of hydrogen-bond donors (Lipinski definition) is 4. The molecule has 0 saturated carbocycles. The Kier molecular flexibility index (Phi) is 15.3. The topological polar surface area (TPSA) is 203 Å². The van der Waals surface area contributed by atoms with Crippen LogP contribution in [0.5, 0.6) is 5.75 Å².